The monoisotopic (exact) mass is 394 g/mol. The van der Waals surface area contributed by atoms with E-state index in [4.69, 9.17) is 5.73 Å². The molecule has 1 fully saturated rings. The first-order chi connectivity index (χ1) is 13.7. The highest BCUT2D eigenvalue weighted by Crippen LogP contribution is 2.37. The van der Waals surface area contributed by atoms with Gasteiger partial charge in [-0.2, -0.15) is 5.10 Å². The molecule has 0 saturated carbocycles. The van der Waals surface area contributed by atoms with Crippen LogP contribution < -0.4 is 11.1 Å². The zero-order chi connectivity index (χ0) is 19.1. The molecule has 1 aromatic carbocycles. The molecule has 8 heteroatoms. The number of hydrogen-bond acceptors (Lipinski definition) is 6. The second-order valence-corrected chi connectivity index (χ2v) is 8.03. The Kier molecular flexibility index (Phi) is 4.29. The number of benzene rings is 1. The molecule has 0 atom stereocenters. The number of thiazole rings is 1. The highest BCUT2D eigenvalue weighted by Gasteiger charge is 2.22. The summed E-state index contributed by atoms with van der Waals surface area (Å²) < 4.78 is 14.4. The second kappa shape index (κ2) is 6.96. The van der Waals surface area contributed by atoms with E-state index in [1.54, 1.807) is 12.3 Å². The third-order valence-electron chi connectivity index (χ3n) is 5.21. The van der Waals surface area contributed by atoms with Crippen molar-refractivity contribution in [3.8, 4) is 21.7 Å². The van der Waals surface area contributed by atoms with Crippen LogP contribution in [0.5, 0.6) is 0 Å². The van der Waals surface area contributed by atoms with Crippen LogP contribution in [0.3, 0.4) is 0 Å². The molecule has 0 amide bonds. The zero-order valence-corrected chi connectivity index (χ0v) is 15.9. The van der Waals surface area contributed by atoms with Crippen molar-refractivity contribution in [2.24, 2.45) is 0 Å². The summed E-state index contributed by atoms with van der Waals surface area (Å²) in [6.45, 7) is 2.01. The normalized spacial score (nSPS) is 15.3. The first kappa shape index (κ1) is 17.3. The van der Waals surface area contributed by atoms with E-state index in [0.29, 0.717) is 17.3 Å². The van der Waals surface area contributed by atoms with Crippen molar-refractivity contribution >= 4 is 27.4 Å². The van der Waals surface area contributed by atoms with Crippen LogP contribution in [-0.4, -0.2) is 33.3 Å². The fourth-order valence-corrected chi connectivity index (χ4v) is 4.72. The van der Waals surface area contributed by atoms with Gasteiger partial charge in [-0.25, -0.2) is 14.4 Å². The van der Waals surface area contributed by atoms with Gasteiger partial charge in [0, 0.05) is 35.5 Å². The van der Waals surface area contributed by atoms with E-state index < -0.39 is 0 Å². The Hall–Kier alpha value is -2.84. The number of hydrogen-bond donors (Lipinski definition) is 3. The number of fused-ring (bicyclic) bond motifs is 1. The van der Waals surface area contributed by atoms with Crippen molar-refractivity contribution in [2.75, 3.05) is 18.8 Å². The molecule has 0 unspecified atom stereocenters. The van der Waals surface area contributed by atoms with Gasteiger partial charge in [-0.05, 0) is 44.1 Å². The summed E-state index contributed by atoms with van der Waals surface area (Å²) in [7, 11) is 0. The van der Waals surface area contributed by atoms with Gasteiger partial charge in [0.15, 0.2) is 0 Å². The van der Waals surface area contributed by atoms with Crippen molar-refractivity contribution < 1.29 is 4.39 Å². The van der Waals surface area contributed by atoms with Crippen LogP contribution in [0.2, 0.25) is 0 Å². The number of anilines is 1. The Morgan fingerprint density at radius 1 is 1.14 bits per heavy atom. The Morgan fingerprint density at radius 3 is 2.86 bits per heavy atom. The average molecular weight is 394 g/mol. The number of piperidine rings is 1. The maximum Gasteiger partial charge on any atom is 0.133 e. The molecule has 142 valence electrons. The van der Waals surface area contributed by atoms with Crippen molar-refractivity contribution in [1.29, 1.82) is 0 Å². The van der Waals surface area contributed by atoms with E-state index in [9.17, 15) is 4.39 Å². The Labute approximate surface area is 165 Å². The maximum absolute atomic E-state index is 13.5. The Morgan fingerprint density at radius 2 is 2.00 bits per heavy atom. The van der Waals surface area contributed by atoms with Gasteiger partial charge in [0.2, 0.25) is 0 Å². The first-order valence-electron chi connectivity index (χ1n) is 9.26. The number of nitrogens with zero attached hydrogens (tertiary/aromatic N) is 3. The molecule has 1 aliphatic rings. The number of H-pyrrole nitrogens is 1. The van der Waals surface area contributed by atoms with Gasteiger partial charge in [0.1, 0.15) is 16.6 Å². The second-order valence-electron chi connectivity index (χ2n) is 7.00. The molecule has 0 aliphatic carbocycles. The largest absolute Gasteiger partial charge is 0.383 e. The van der Waals surface area contributed by atoms with Gasteiger partial charge in [0.25, 0.3) is 0 Å². The van der Waals surface area contributed by atoms with Crippen molar-refractivity contribution in [3.63, 3.8) is 0 Å². The highest BCUT2D eigenvalue weighted by molar-refractivity contribution is 7.21. The minimum atomic E-state index is -0.297. The summed E-state index contributed by atoms with van der Waals surface area (Å²) in [6.07, 6.45) is 5.83. The molecule has 6 nitrogen and oxygen atoms in total. The fraction of sp³-hybridized carbons (Fsp3) is 0.250. The number of aromatic nitrogens is 4. The summed E-state index contributed by atoms with van der Waals surface area (Å²) in [4.78, 5) is 8.97. The van der Waals surface area contributed by atoms with Crippen LogP contribution in [0.15, 0.2) is 36.7 Å². The number of nitrogens with two attached hydrogens (primary N) is 1. The number of aromatic amines is 1. The van der Waals surface area contributed by atoms with Gasteiger partial charge in [-0.3, -0.25) is 5.10 Å². The van der Waals surface area contributed by atoms with Gasteiger partial charge in [0.05, 0.1) is 21.5 Å². The predicted octanol–water partition coefficient (Wildman–Crippen LogP) is 3.94. The number of halogens is 1. The summed E-state index contributed by atoms with van der Waals surface area (Å²) in [6, 6.07) is 6.63. The molecule has 28 heavy (non-hydrogen) atoms. The molecule has 4 N–H and O–H groups in total. The van der Waals surface area contributed by atoms with Gasteiger partial charge in [-0.1, -0.05) is 0 Å². The van der Waals surface area contributed by atoms with E-state index in [0.717, 1.165) is 58.0 Å². The summed E-state index contributed by atoms with van der Waals surface area (Å²) in [5.41, 5.74) is 10.6. The molecule has 0 radical (unpaired) electrons. The topological polar surface area (TPSA) is 92.5 Å². The van der Waals surface area contributed by atoms with Crippen LogP contribution >= 0.6 is 11.3 Å². The number of nitrogens with one attached hydrogen (secondary N) is 2. The molecular formula is C20H19FN6S. The highest BCUT2D eigenvalue weighted by atomic mass is 32.1. The predicted molar refractivity (Wildman–Crippen MR) is 110 cm³/mol. The lowest BCUT2D eigenvalue weighted by Crippen LogP contribution is -2.27. The minimum absolute atomic E-state index is 0.297. The molecule has 4 heterocycles. The summed E-state index contributed by atoms with van der Waals surface area (Å²) >= 11 is 1.48. The van der Waals surface area contributed by atoms with Crippen molar-refractivity contribution in [3.05, 3.63) is 48.2 Å². The van der Waals surface area contributed by atoms with E-state index in [2.05, 4.69) is 25.5 Å². The maximum atomic E-state index is 13.5. The number of pyridine rings is 1. The molecule has 1 saturated heterocycles. The number of nitrogen functional groups attached to an aromatic ring is 1. The van der Waals surface area contributed by atoms with E-state index in [1.165, 1.54) is 23.5 Å². The van der Waals surface area contributed by atoms with Crippen molar-refractivity contribution in [2.45, 2.75) is 18.8 Å². The molecular weight excluding hydrogens is 375 g/mol. The Balaban J connectivity index is 1.57. The third-order valence-corrected chi connectivity index (χ3v) is 6.27. The molecule has 1 aliphatic heterocycles. The summed E-state index contributed by atoms with van der Waals surface area (Å²) in [5, 5.41) is 11.7. The zero-order valence-electron chi connectivity index (χ0n) is 15.1. The Bertz CT molecular complexity index is 1140. The minimum Gasteiger partial charge on any atom is -0.383 e. The van der Waals surface area contributed by atoms with Crippen molar-refractivity contribution in [1.82, 2.24) is 25.5 Å². The smallest absolute Gasteiger partial charge is 0.133 e. The lowest BCUT2D eigenvalue weighted by Gasteiger charge is -2.22. The van der Waals surface area contributed by atoms with Crippen LogP contribution in [0.4, 0.5) is 10.2 Å². The lowest BCUT2D eigenvalue weighted by atomic mass is 9.90. The van der Waals surface area contributed by atoms with Gasteiger partial charge < -0.3 is 11.1 Å². The van der Waals surface area contributed by atoms with E-state index in [-0.39, 0.29) is 5.82 Å². The lowest BCUT2D eigenvalue weighted by molar-refractivity contribution is 0.453. The van der Waals surface area contributed by atoms with Crippen LogP contribution in [-0.2, 0) is 0 Å². The molecule has 0 bridgehead atoms. The van der Waals surface area contributed by atoms with Crippen LogP contribution in [0.25, 0.3) is 31.9 Å². The number of rotatable bonds is 3. The standard InChI is InChI=1S/C20H19FN6S/c21-13-1-2-17-16(8-13)26-20(28-17)14-7-12(9-24-19(14)22)15-10-25-27-18(15)11-3-5-23-6-4-11/h1-2,7-11,23H,3-6H2,(H2,22,24)(H,25,27). The van der Waals surface area contributed by atoms with Gasteiger partial charge in [-0.15, -0.1) is 11.3 Å². The van der Waals surface area contributed by atoms with E-state index >= 15 is 0 Å². The molecule has 3 aromatic heterocycles. The molecule has 5 rings (SSSR count). The fourth-order valence-electron chi connectivity index (χ4n) is 3.75. The average Bonchev–Trinajstić information content (AvgIpc) is 3.36. The first-order valence-corrected chi connectivity index (χ1v) is 10.1. The van der Waals surface area contributed by atoms with Crippen LogP contribution in [0.1, 0.15) is 24.5 Å². The summed E-state index contributed by atoms with van der Waals surface area (Å²) in [5.74, 6) is 0.540. The molecule has 0 spiro atoms. The SMILES string of the molecule is Nc1ncc(-c2c[nH]nc2C2CCNCC2)cc1-c1nc2cc(F)ccc2s1. The quantitative estimate of drug-likeness (QED) is 0.489. The third kappa shape index (κ3) is 3.04. The molecule has 4 aromatic rings. The van der Waals surface area contributed by atoms with E-state index in [1.807, 2.05) is 12.3 Å². The van der Waals surface area contributed by atoms with Gasteiger partial charge >= 0.3 is 0 Å². The van der Waals surface area contributed by atoms with Crippen LogP contribution in [0, 0.1) is 5.82 Å².